The Kier molecular flexibility index (Phi) is 5.58. The van der Waals surface area contributed by atoms with Crippen molar-refractivity contribution in [2.45, 2.75) is 20.4 Å². The van der Waals surface area contributed by atoms with E-state index in [0.717, 1.165) is 21.8 Å². The number of carbonyl (C=O) groups is 1. The maximum Gasteiger partial charge on any atom is 0.238 e. The van der Waals surface area contributed by atoms with Crippen LogP contribution >= 0.6 is 11.6 Å². The van der Waals surface area contributed by atoms with E-state index in [4.69, 9.17) is 11.6 Å². The van der Waals surface area contributed by atoms with Gasteiger partial charge in [0.2, 0.25) is 5.91 Å². The Bertz CT molecular complexity index is 653. The van der Waals surface area contributed by atoms with Gasteiger partial charge in [0, 0.05) is 17.3 Å². The van der Waals surface area contributed by atoms with Crippen molar-refractivity contribution in [3.8, 4) is 0 Å². The minimum Gasteiger partial charge on any atom is -0.325 e. The lowest BCUT2D eigenvalue weighted by atomic mass is 10.1. The van der Waals surface area contributed by atoms with E-state index in [1.165, 1.54) is 5.56 Å². The van der Waals surface area contributed by atoms with Gasteiger partial charge < -0.3 is 5.32 Å². The molecule has 1 N–H and O–H groups in total. The molecule has 1 amide bonds. The number of aryl methyl sites for hydroxylation is 2. The minimum atomic E-state index is -0.0107. The first-order chi connectivity index (χ1) is 10.4. The van der Waals surface area contributed by atoms with Gasteiger partial charge in [-0.25, -0.2) is 0 Å². The largest absolute Gasteiger partial charge is 0.325 e. The highest BCUT2D eigenvalue weighted by atomic mass is 35.5. The summed E-state index contributed by atoms with van der Waals surface area (Å²) in [6.07, 6.45) is 0. The number of anilines is 1. The molecule has 0 fully saturated rings. The second-order valence-corrected chi connectivity index (χ2v) is 6.10. The zero-order valence-corrected chi connectivity index (χ0v) is 13.9. The first-order valence-electron chi connectivity index (χ1n) is 7.24. The summed E-state index contributed by atoms with van der Waals surface area (Å²) in [6.45, 7) is 5.09. The molecule has 0 heterocycles. The summed E-state index contributed by atoms with van der Waals surface area (Å²) >= 11 is 5.87. The number of nitrogens with one attached hydrogen (secondary N) is 1. The predicted molar refractivity (Wildman–Crippen MR) is 92.3 cm³/mol. The van der Waals surface area contributed by atoms with E-state index < -0.39 is 0 Å². The number of hydrogen-bond acceptors (Lipinski definition) is 2. The second kappa shape index (κ2) is 7.43. The Hall–Kier alpha value is -1.84. The number of hydrogen-bond donors (Lipinski definition) is 1. The average molecular weight is 317 g/mol. The summed E-state index contributed by atoms with van der Waals surface area (Å²) in [5.74, 6) is -0.0107. The third kappa shape index (κ3) is 4.86. The monoisotopic (exact) mass is 316 g/mol. The zero-order valence-electron chi connectivity index (χ0n) is 13.2. The van der Waals surface area contributed by atoms with Crippen LogP contribution in [0.25, 0.3) is 0 Å². The number of carbonyl (C=O) groups excluding carboxylic acids is 1. The van der Waals surface area contributed by atoms with Gasteiger partial charge in [-0.3, -0.25) is 9.69 Å². The highest BCUT2D eigenvalue weighted by molar-refractivity contribution is 6.30. The molecule has 3 nitrogen and oxygen atoms in total. The van der Waals surface area contributed by atoms with Crippen LogP contribution in [0.1, 0.15) is 16.7 Å². The van der Waals surface area contributed by atoms with Crippen molar-refractivity contribution >= 4 is 23.2 Å². The fraction of sp³-hybridized carbons (Fsp3) is 0.278. The van der Waals surface area contributed by atoms with Gasteiger partial charge >= 0.3 is 0 Å². The van der Waals surface area contributed by atoms with Gasteiger partial charge in [0.15, 0.2) is 0 Å². The number of amides is 1. The van der Waals surface area contributed by atoms with E-state index in [1.807, 2.05) is 62.2 Å². The average Bonchev–Trinajstić information content (AvgIpc) is 2.44. The van der Waals surface area contributed by atoms with E-state index in [-0.39, 0.29) is 5.91 Å². The van der Waals surface area contributed by atoms with Crippen LogP contribution < -0.4 is 5.32 Å². The van der Waals surface area contributed by atoms with Gasteiger partial charge in [0.1, 0.15) is 0 Å². The zero-order chi connectivity index (χ0) is 16.1. The topological polar surface area (TPSA) is 32.3 Å². The van der Waals surface area contributed by atoms with Gasteiger partial charge in [-0.15, -0.1) is 0 Å². The third-order valence-corrected chi connectivity index (χ3v) is 3.69. The molecule has 0 saturated heterocycles. The molecule has 4 heteroatoms. The summed E-state index contributed by atoms with van der Waals surface area (Å²) in [4.78, 5) is 14.1. The molecule has 2 aromatic rings. The van der Waals surface area contributed by atoms with Crippen LogP contribution in [0.2, 0.25) is 5.02 Å². The minimum absolute atomic E-state index is 0.0107. The van der Waals surface area contributed by atoms with Crippen LogP contribution in [-0.4, -0.2) is 24.4 Å². The lowest BCUT2D eigenvalue weighted by molar-refractivity contribution is -0.117. The van der Waals surface area contributed by atoms with Crippen molar-refractivity contribution in [3.05, 3.63) is 64.2 Å². The molecule has 0 aliphatic heterocycles. The Labute approximate surface area is 136 Å². The van der Waals surface area contributed by atoms with Crippen molar-refractivity contribution in [2.24, 2.45) is 0 Å². The Morgan fingerprint density at radius 3 is 2.45 bits per heavy atom. The molecule has 2 rings (SSSR count). The Morgan fingerprint density at radius 2 is 1.82 bits per heavy atom. The van der Waals surface area contributed by atoms with Crippen molar-refractivity contribution < 1.29 is 4.79 Å². The van der Waals surface area contributed by atoms with E-state index >= 15 is 0 Å². The van der Waals surface area contributed by atoms with Crippen molar-refractivity contribution in [1.29, 1.82) is 0 Å². The van der Waals surface area contributed by atoms with Crippen LogP contribution in [0.3, 0.4) is 0 Å². The first kappa shape index (κ1) is 16.5. The van der Waals surface area contributed by atoms with E-state index in [2.05, 4.69) is 11.4 Å². The molecule has 0 unspecified atom stereocenters. The molecule has 0 saturated carbocycles. The lowest BCUT2D eigenvalue weighted by Crippen LogP contribution is -2.30. The smallest absolute Gasteiger partial charge is 0.238 e. The molecular formula is C18H21ClN2O. The molecule has 0 aliphatic rings. The van der Waals surface area contributed by atoms with Crippen LogP contribution in [0.15, 0.2) is 42.5 Å². The van der Waals surface area contributed by atoms with Crippen LogP contribution in [-0.2, 0) is 11.3 Å². The van der Waals surface area contributed by atoms with E-state index in [1.54, 1.807) is 0 Å². The molecule has 0 aliphatic carbocycles. The number of halogens is 1. The van der Waals surface area contributed by atoms with E-state index in [9.17, 15) is 4.79 Å². The SMILES string of the molecule is Cc1ccc(NC(=O)CN(C)Cc2ccc(Cl)cc2)c(C)c1. The summed E-state index contributed by atoms with van der Waals surface area (Å²) in [7, 11) is 1.93. The van der Waals surface area contributed by atoms with Gasteiger partial charge in [0.25, 0.3) is 0 Å². The highest BCUT2D eigenvalue weighted by Crippen LogP contribution is 2.16. The van der Waals surface area contributed by atoms with Crippen LogP contribution in [0, 0.1) is 13.8 Å². The van der Waals surface area contributed by atoms with Gasteiger partial charge in [-0.2, -0.15) is 0 Å². The molecular weight excluding hydrogens is 296 g/mol. The summed E-state index contributed by atoms with van der Waals surface area (Å²) < 4.78 is 0. The first-order valence-corrected chi connectivity index (χ1v) is 7.62. The quantitative estimate of drug-likeness (QED) is 0.903. The highest BCUT2D eigenvalue weighted by Gasteiger charge is 2.09. The molecule has 22 heavy (non-hydrogen) atoms. The maximum absolute atomic E-state index is 12.1. The van der Waals surface area contributed by atoms with Gasteiger partial charge in [-0.05, 0) is 50.2 Å². The van der Waals surface area contributed by atoms with Crippen LogP contribution in [0.4, 0.5) is 5.69 Å². The third-order valence-electron chi connectivity index (χ3n) is 3.44. The summed E-state index contributed by atoms with van der Waals surface area (Å²) in [5.41, 5.74) is 4.27. The second-order valence-electron chi connectivity index (χ2n) is 5.67. The Balaban J connectivity index is 1.89. The van der Waals surface area contributed by atoms with Crippen molar-refractivity contribution in [3.63, 3.8) is 0 Å². The predicted octanol–water partition coefficient (Wildman–Crippen LogP) is 4.03. The molecule has 2 aromatic carbocycles. The number of likely N-dealkylation sites (N-methyl/N-ethyl adjacent to an activating group) is 1. The molecule has 0 aromatic heterocycles. The summed E-state index contributed by atoms with van der Waals surface area (Å²) in [5, 5.41) is 3.68. The maximum atomic E-state index is 12.1. The standard InChI is InChI=1S/C18H21ClN2O/c1-13-4-9-17(14(2)10-13)20-18(22)12-21(3)11-15-5-7-16(19)8-6-15/h4-10H,11-12H2,1-3H3,(H,20,22). The Morgan fingerprint density at radius 1 is 1.14 bits per heavy atom. The van der Waals surface area contributed by atoms with Crippen molar-refractivity contribution in [1.82, 2.24) is 4.90 Å². The van der Waals surface area contributed by atoms with Crippen LogP contribution in [0.5, 0.6) is 0 Å². The molecule has 0 spiro atoms. The van der Waals surface area contributed by atoms with E-state index in [0.29, 0.717) is 13.1 Å². The van der Waals surface area contributed by atoms with Gasteiger partial charge in [-0.1, -0.05) is 41.4 Å². The van der Waals surface area contributed by atoms with Gasteiger partial charge in [0.05, 0.1) is 6.54 Å². The molecule has 0 bridgehead atoms. The fourth-order valence-corrected chi connectivity index (χ4v) is 2.47. The normalized spacial score (nSPS) is 10.8. The number of nitrogens with zero attached hydrogens (tertiary/aromatic N) is 1. The van der Waals surface area contributed by atoms with Crippen molar-refractivity contribution in [2.75, 3.05) is 18.9 Å². The summed E-state index contributed by atoms with van der Waals surface area (Å²) in [6, 6.07) is 13.7. The molecule has 0 atom stereocenters. The molecule has 116 valence electrons. The fourth-order valence-electron chi connectivity index (χ4n) is 2.35. The lowest BCUT2D eigenvalue weighted by Gasteiger charge is -2.17. The number of rotatable bonds is 5. The molecule has 0 radical (unpaired) electrons. The number of benzene rings is 2.